The highest BCUT2D eigenvalue weighted by atomic mass is 16.5. The Balaban J connectivity index is 2.14. The van der Waals surface area contributed by atoms with Crippen LogP contribution in [0.5, 0.6) is 11.5 Å². The van der Waals surface area contributed by atoms with Crippen molar-refractivity contribution < 1.29 is 14.3 Å². The molecule has 0 unspecified atom stereocenters. The van der Waals surface area contributed by atoms with Crippen molar-refractivity contribution in [3.8, 4) is 28.4 Å². The van der Waals surface area contributed by atoms with Gasteiger partial charge in [0.2, 0.25) is 0 Å². The van der Waals surface area contributed by atoms with Gasteiger partial charge in [0.15, 0.2) is 0 Å². The lowest BCUT2D eigenvalue weighted by molar-refractivity contribution is 0.0911. The molecule has 0 spiro atoms. The molecule has 0 bridgehead atoms. The smallest absolute Gasteiger partial charge is 0.270 e. The number of nitrogens with one attached hydrogen (secondary N) is 1. The van der Waals surface area contributed by atoms with Gasteiger partial charge >= 0.3 is 0 Å². The number of carbonyl (C=O) groups is 1. The Morgan fingerprint density at radius 1 is 1.00 bits per heavy atom. The minimum atomic E-state index is -0.364. The molecule has 1 amide bonds. The molecule has 3 aromatic rings. The van der Waals surface area contributed by atoms with Crippen molar-refractivity contribution in [2.24, 2.45) is 0 Å². The lowest BCUT2D eigenvalue weighted by Crippen LogP contribution is -2.41. The second-order valence-electron chi connectivity index (χ2n) is 7.93. The van der Waals surface area contributed by atoms with E-state index in [0.717, 1.165) is 16.8 Å². The van der Waals surface area contributed by atoms with Crippen LogP contribution >= 0.6 is 0 Å². The van der Waals surface area contributed by atoms with Gasteiger partial charge in [-0.05, 0) is 58.0 Å². The third-order valence-corrected chi connectivity index (χ3v) is 4.39. The first-order valence-electron chi connectivity index (χ1n) is 9.44. The topological polar surface area (TPSA) is 65.4 Å². The van der Waals surface area contributed by atoms with Crippen molar-refractivity contribution in [2.75, 3.05) is 14.2 Å². The molecule has 0 aliphatic carbocycles. The summed E-state index contributed by atoms with van der Waals surface area (Å²) in [7, 11) is 3.21. The number of nitrogens with zero attached hydrogens (tertiary/aromatic N) is 2. The van der Waals surface area contributed by atoms with E-state index in [4.69, 9.17) is 14.6 Å². The fourth-order valence-corrected chi connectivity index (χ4v) is 2.97. The van der Waals surface area contributed by atoms with Gasteiger partial charge < -0.3 is 14.8 Å². The predicted molar refractivity (Wildman–Crippen MR) is 114 cm³/mol. The summed E-state index contributed by atoms with van der Waals surface area (Å²) in [5.41, 5.74) is 3.47. The van der Waals surface area contributed by atoms with Crippen LogP contribution < -0.4 is 14.8 Å². The van der Waals surface area contributed by atoms with E-state index >= 15 is 0 Å². The van der Waals surface area contributed by atoms with Gasteiger partial charge in [0, 0.05) is 17.2 Å². The van der Waals surface area contributed by atoms with E-state index in [-0.39, 0.29) is 11.4 Å². The summed E-state index contributed by atoms with van der Waals surface area (Å²) in [6.45, 7) is 7.87. The summed E-state index contributed by atoms with van der Waals surface area (Å²) in [6.07, 6.45) is 0. The largest absolute Gasteiger partial charge is 0.497 e. The van der Waals surface area contributed by atoms with Gasteiger partial charge in [-0.2, -0.15) is 5.10 Å². The number of hydrogen-bond donors (Lipinski definition) is 1. The fraction of sp³-hybridized carbons (Fsp3) is 0.304. The second-order valence-corrected chi connectivity index (χ2v) is 7.93. The Labute approximate surface area is 171 Å². The molecule has 6 heteroatoms. The maximum Gasteiger partial charge on any atom is 0.270 e. The maximum absolute atomic E-state index is 13.0. The molecule has 152 valence electrons. The Hall–Kier alpha value is -3.28. The van der Waals surface area contributed by atoms with E-state index < -0.39 is 0 Å². The average Bonchev–Trinajstić information content (AvgIpc) is 3.12. The first kappa shape index (κ1) is 20.5. The summed E-state index contributed by atoms with van der Waals surface area (Å²) in [5, 5.41) is 7.75. The number of aromatic nitrogens is 2. The third kappa shape index (κ3) is 4.59. The third-order valence-electron chi connectivity index (χ3n) is 4.39. The molecule has 6 nitrogen and oxygen atoms in total. The van der Waals surface area contributed by atoms with Crippen LogP contribution in [0.15, 0.2) is 48.5 Å². The SMILES string of the molecule is COc1ccc(-c2cc(C(=O)NC(C)(C)C)n(-c3ccc(C)cc3)n2)c(OC)c1. The number of ether oxygens (including phenoxy) is 2. The first-order valence-corrected chi connectivity index (χ1v) is 9.44. The Morgan fingerprint density at radius 3 is 2.28 bits per heavy atom. The Kier molecular flexibility index (Phi) is 5.64. The van der Waals surface area contributed by atoms with Gasteiger partial charge in [0.1, 0.15) is 17.2 Å². The van der Waals surface area contributed by atoms with Gasteiger partial charge in [-0.1, -0.05) is 17.7 Å². The monoisotopic (exact) mass is 393 g/mol. The molecule has 0 radical (unpaired) electrons. The lowest BCUT2D eigenvalue weighted by Gasteiger charge is -2.20. The minimum Gasteiger partial charge on any atom is -0.497 e. The summed E-state index contributed by atoms with van der Waals surface area (Å²) >= 11 is 0. The number of methoxy groups -OCH3 is 2. The number of amides is 1. The molecule has 0 aliphatic rings. The molecule has 0 fully saturated rings. The van der Waals surface area contributed by atoms with Crippen LogP contribution in [0.25, 0.3) is 16.9 Å². The van der Waals surface area contributed by atoms with E-state index in [9.17, 15) is 4.79 Å². The molecular weight excluding hydrogens is 366 g/mol. The van der Waals surface area contributed by atoms with Crippen LogP contribution in [0.2, 0.25) is 0 Å². The van der Waals surface area contributed by atoms with Gasteiger partial charge in [-0.3, -0.25) is 4.79 Å². The van der Waals surface area contributed by atoms with Crippen molar-refractivity contribution in [2.45, 2.75) is 33.2 Å². The maximum atomic E-state index is 13.0. The van der Waals surface area contributed by atoms with Gasteiger partial charge in [0.05, 0.1) is 25.6 Å². The standard InChI is InChI=1S/C23H27N3O3/c1-15-7-9-16(10-8-15)26-20(22(27)24-23(2,3)4)14-19(25-26)18-12-11-17(28-5)13-21(18)29-6/h7-14H,1-6H3,(H,24,27). The molecule has 2 aromatic carbocycles. The highest BCUT2D eigenvalue weighted by Crippen LogP contribution is 2.33. The molecule has 0 atom stereocenters. The Bertz CT molecular complexity index is 1010. The van der Waals surface area contributed by atoms with Crippen LogP contribution in [0, 0.1) is 6.92 Å². The van der Waals surface area contributed by atoms with E-state index in [2.05, 4.69) is 5.32 Å². The summed E-state index contributed by atoms with van der Waals surface area (Å²) in [4.78, 5) is 13.0. The molecule has 1 aromatic heterocycles. The fourth-order valence-electron chi connectivity index (χ4n) is 2.97. The van der Waals surface area contributed by atoms with Crippen LogP contribution in [0.4, 0.5) is 0 Å². The Morgan fingerprint density at radius 2 is 1.69 bits per heavy atom. The predicted octanol–water partition coefficient (Wildman–Crippen LogP) is 4.39. The molecule has 29 heavy (non-hydrogen) atoms. The van der Waals surface area contributed by atoms with Crippen LogP contribution in [-0.4, -0.2) is 35.4 Å². The summed E-state index contributed by atoms with van der Waals surface area (Å²) in [5.74, 6) is 1.12. The van der Waals surface area contributed by atoms with E-state index in [1.165, 1.54) is 0 Å². The first-order chi connectivity index (χ1) is 13.7. The van der Waals surface area contributed by atoms with E-state index in [0.29, 0.717) is 22.9 Å². The van der Waals surface area contributed by atoms with Crippen molar-refractivity contribution in [1.82, 2.24) is 15.1 Å². The molecule has 1 N–H and O–H groups in total. The molecule has 0 aliphatic heterocycles. The summed E-state index contributed by atoms with van der Waals surface area (Å²) in [6, 6.07) is 15.2. The molecule has 0 saturated heterocycles. The minimum absolute atomic E-state index is 0.190. The van der Waals surface area contributed by atoms with E-state index in [1.807, 2.05) is 64.1 Å². The number of aryl methyl sites for hydroxylation is 1. The molecule has 3 rings (SSSR count). The second kappa shape index (κ2) is 7.99. The number of carbonyl (C=O) groups excluding carboxylic acids is 1. The number of hydrogen-bond acceptors (Lipinski definition) is 4. The highest BCUT2D eigenvalue weighted by molar-refractivity contribution is 5.95. The van der Waals surface area contributed by atoms with Gasteiger partial charge in [-0.15, -0.1) is 0 Å². The van der Waals surface area contributed by atoms with Gasteiger partial charge in [0.25, 0.3) is 5.91 Å². The summed E-state index contributed by atoms with van der Waals surface area (Å²) < 4.78 is 12.5. The zero-order chi connectivity index (χ0) is 21.2. The van der Waals surface area contributed by atoms with Crippen molar-refractivity contribution in [3.05, 3.63) is 59.8 Å². The van der Waals surface area contributed by atoms with Crippen LogP contribution in [0.1, 0.15) is 36.8 Å². The molecule has 1 heterocycles. The zero-order valence-electron chi connectivity index (χ0n) is 17.7. The molecule has 0 saturated carbocycles. The number of rotatable bonds is 5. The van der Waals surface area contributed by atoms with Crippen molar-refractivity contribution in [1.29, 1.82) is 0 Å². The van der Waals surface area contributed by atoms with Crippen molar-refractivity contribution in [3.63, 3.8) is 0 Å². The van der Waals surface area contributed by atoms with Gasteiger partial charge in [-0.25, -0.2) is 4.68 Å². The van der Waals surface area contributed by atoms with Crippen LogP contribution in [-0.2, 0) is 0 Å². The molecular formula is C23H27N3O3. The normalized spacial score (nSPS) is 11.2. The highest BCUT2D eigenvalue weighted by Gasteiger charge is 2.23. The van der Waals surface area contributed by atoms with Crippen LogP contribution in [0.3, 0.4) is 0 Å². The van der Waals surface area contributed by atoms with Crippen molar-refractivity contribution >= 4 is 5.91 Å². The van der Waals surface area contributed by atoms with E-state index in [1.54, 1.807) is 31.0 Å². The average molecular weight is 393 g/mol. The zero-order valence-corrected chi connectivity index (χ0v) is 17.7. The lowest BCUT2D eigenvalue weighted by atomic mass is 10.1. The quantitative estimate of drug-likeness (QED) is 0.698. The number of benzene rings is 2.